The Morgan fingerprint density at radius 1 is 0.574 bits per heavy atom. The zero-order valence-electron chi connectivity index (χ0n) is 30.4. The maximum Gasteiger partial charge on any atom is 1.00 e. The van der Waals surface area contributed by atoms with Crippen LogP contribution >= 0.6 is 0 Å². The van der Waals surface area contributed by atoms with Gasteiger partial charge in [0.1, 0.15) is 0 Å². The number of aromatic amines is 2. The van der Waals surface area contributed by atoms with Gasteiger partial charge in [-0.1, -0.05) is 0 Å². The van der Waals surface area contributed by atoms with Crippen LogP contribution in [0.3, 0.4) is 0 Å². The van der Waals surface area contributed by atoms with E-state index in [0.717, 1.165) is 44.5 Å². The van der Waals surface area contributed by atoms with Gasteiger partial charge >= 0.3 is 53.4 Å². The van der Waals surface area contributed by atoms with E-state index in [1.165, 1.54) is 0 Å². The van der Waals surface area contributed by atoms with Crippen LogP contribution in [0.1, 0.15) is 97.4 Å². The third-order valence-corrected chi connectivity index (χ3v) is 9.16. The predicted octanol–water partition coefficient (Wildman–Crippen LogP) is 2.57. The fourth-order valence-corrected chi connectivity index (χ4v) is 6.42. The maximum atomic E-state index is 11.6. The largest absolute Gasteiger partial charge is 1.00 e. The van der Waals surface area contributed by atoms with Crippen molar-refractivity contribution in [2.75, 3.05) is 0 Å². The summed E-state index contributed by atoms with van der Waals surface area (Å²) < 4.78 is 32.8. The number of fused-ring (bicyclic) bond motifs is 8. The SMILES string of the molecule is CC1=C(CCC(=O)O)c2cc3nc(cc4[nH]c(cc5[nH]c(cc1n2)c(C)c5CCC(=O)O)c(CCC(=O)O)c4C)C(CCC(=O)O)=C3C.O=S(=O)([O-])O.[Na+]. The van der Waals surface area contributed by atoms with Gasteiger partial charge in [0.2, 0.25) is 10.4 Å². The molecule has 0 spiro atoms. The Labute approximate surface area is 332 Å². The molecule has 5 rings (SSSR count). The van der Waals surface area contributed by atoms with Gasteiger partial charge in [-0.2, -0.15) is 0 Å². The third-order valence-electron chi connectivity index (χ3n) is 9.16. The van der Waals surface area contributed by atoms with E-state index in [9.17, 15) is 39.6 Å². The first kappa shape index (κ1) is 43.8. The van der Waals surface area contributed by atoms with Crippen LogP contribution in [-0.4, -0.2) is 81.8 Å². The molecule has 0 aromatic carbocycles. The van der Waals surface area contributed by atoms with Crippen LogP contribution in [0.4, 0.5) is 0 Å². The molecule has 5 heterocycles. The van der Waals surface area contributed by atoms with Crippen LogP contribution in [0.25, 0.3) is 44.4 Å². The Hall–Kier alpha value is -4.65. The smallest absolute Gasteiger partial charge is 0.726 e. The molecule has 3 aromatic heterocycles. The van der Waals surface area contributed by atoms with Crippen molar-refractivity contribution in [3.05, 3.63) is 69.3 Å². The summed E-state index contributed by atoms with van der Waals surface area (Å²) in [6.45, 7) is 7.56. The minimum atomic E-state index is -4.92. The summed E-state index contributed by atoms with van der Waals surface area (Å²) >= 11 is 0. The number of H-pyrrole nitrogens is 2. The van der Waals surface area contributed by atoms with Gasteiger partial charge in [0.25, 0.3) is 0 Å². The zero-order valence-corrected chi connectivity index (χ0v) is 33.2. The van der Waals surface area contributed by atoms with E-state index in [0.29, 0.717) is 44.8 Å². The second-order valence-electron chi connectivity index (χ2n) is 12.7. The Morgan fingerprint density at radius 3 is 1.26 bits per heavy atom. The van der Waals surface area contributed by atoms with E-state index in [4.69, 9.17) is 27.5 Å². The summed E-state index contributed by atoms with van der Waals surface area (Å²) in [5, 5.41) is 38.0. The van der Waals surface area contributed by atoms with Crippen molar-refractivity contribution in [1.82, 2.24) is 19.9 Å². The van der Waals surface area contributed by atoms with Gasteiger partial charge in [-0.05, 0) is 122 Å². The molecule has 0 aliphatic carbocycles. The number of aliphatic carboxylic acids is 4. The summed E-state index contributed by atoms with van der Waals surface area (Å²) in [6.07, 6.45) is 0.578. The van der Waals surface area contributed by atoms with Crippen molar-refractivity contribution in [3.63, 3.8) is 0 Å². The third kappa shape index (κ3) is 11.2. The van der Waals surface area contributed by atoms with E-state index in [-0.39, 0.29) is 80.9 Å². The number of allylic oxidation sites excluding steroid dienone is 4. The molecule has 0 unspecified atom stereocenters. The summed E-state index contributed by atoms with van der Waals surface area (Å²) in [5.41, 5.74) is 11.4. The summed E-state index contributed by atoms with van der Waals surface area (Å²) in [6, 6.07) is 7.40. The molecule has 54 heavy (non-hydrogen) atoms. The topological polar surface area (TPSA) is 284 Å². The molecule has 7 N–H and O–H groups in total. The van der Waals surface area contributed by atoms with Crippen molar-refractivity contribution in [2.24, 2.45) is 0 Å². The van der Waals surface area contributed by atoms with Crippen LogP contribution in [-0.2, 0) is 42.4 Å². The van der Waals surface area contributed by atoms with Crippen LogP contribution in [0.5, 0.6) is 0 Å². The van der Waals surface area contributed by atoms with Gasteiger partial charge in [-0.25, -0.2) is 18.4 Å². The average molecular weight is 775 g/mol. The molecule has 18 heteroatoms. The van der Waals surface area contributed by atoms with E-state index < -0.39 is 34.3 Å². The second-order valence-corrected chi connectivity index (χ2v) is 13.5. The Balaban J connectivity index is 0.00000122. The van der Waals surface area contributed by atoms with Crippen molar-refractivity contribution >= 4 is 78.6 Å². The zero-order chi connectivity index (χ0) is 39.4. The first-order valence-electron chi connectivity index (χ1n) is 16.4. The number of aryl methyl sites for hydroxylation is 4. The molecule has 2 aliphatic heterocycles. The summed E-state index contributed by atoms with van der Waals surface area (Å²) in [4.78, 5) is 63.1. The molecule has 282 valence electrons. The van der Waals surface area contributed by atoms with Crippen LogP contribution in [0.15, 0.2) is 24.3 Å². The molecule has 0 fully saturated rings. The predicted molar refractivity (Wildman–Crippen MR) is 193 cm³/mol. The maximum absolute atomic E-state index is 11.6. The van der Waals surface area contributed by atoms with E-state index in [1.807, 2.05) is 52.0 Å². The van der Waals surface area contributed by atoms with Gasteiger partial charge in [-0.15, -0.1) is 0 Å². The number of hydrogen-bond donors (Lipinski definition) is 7. The van der Waals surface area contributed by atoms with E-state index >= 15 is 0 Å². The quantitative estimate of drug-likeness (QED) is 0.0791. The Morgan fingerprint density at radius 2 is 0.889 bits per heavy atom. The van der Waals surface area contributed by atoms with Gasteiger partial charge in [0.05, 0.1) is 22.8 Å². The number of nitrogens with one attached hydrogen (secondary N) is 2. The molecule has 0 amide bonds. The van der Waals surface area contributed by atoms with E-state index in [2.05, 4.69) is 9.97 Å². The Kier molecular flexibility index (Phi) is 14.7. The van der Waals surface area contributed by atoms with Crippen molar-refractivity contribution in [1.29, 1.82) is 0 Å². The number of carboxylic acid groups (broad SMARTS) is 4. The molecule has 0 radical (unpaired) electrons. The molecular formula is C36H39N4NaO12S. The number of carboxylic acids is 4. The minimum Gasteiger partial charge on any atom is -0.726 e. The molecule has 3 aromatic rings. The van der Waals surface area contributed by atoms with Gasteiger partial charge in [0, 0.05) is 47.8 Å². The van der Waals surface area contributed by atoms with Crippen molar-refractivity contribution in [3.8, 4) is 0 Å². The molecule has 0 saturated heterocycles. The van der Waals surface area contributed by atoms with Crippen LogP contribution < -0.4 is 29.6 Å². The molecular weight excluding hydrogens is 735 g/mol. The number of aromatic nitrogens is 4. The number of rotatable bonds is 12. The van der Waals surface area contributed by atoms with Crippen molar-refractivity contribution < 1.29 is 86.7 Å². The second kappa shape index (κ2) is 18.1. The van der Waals surface area contributed by atoms with Crippen LogP contribution in [0.2, 0.25) is 0 Å². The molecule has 2 aliphatic rings. The standard InChI is InChI=1S/C36H38N4O8.Na.H2O4S/c1-17-21(5-9-33(41)42)29-14-27-19(3)22(6-10-34(43)44)30(39-27)15-28-20(4)24(8-12-36(47)48)32(40-28)16-31-23(7-11-35(45)46)18(2)26(38-31)13-25(17)37-29;;1-5(2,3)4/h13-16,38,40H,5-12H2,1-4H3,(H,41,42)(H,43,44)(H,45,46)(H,47,48);;(H2,1,2,3,4)/q;+1;/p-1. The van der Waals surface area contributed by atoms with Crippen molar-refractivity contribution in [2.45, 2.75) is 79.1 Å². The first-order chi connectivity index (χ1) is 24.7. The summed E-state index contributed by atoms with van der Waals surface area (Å²) in [7, 11) is -4.92. The molecule has 0 saturated carbocycles. The summed E-state index contributed by atoms with van der Waals surface area (Å²) in [5.74, 6) is -3.76. The average Bonchev–Trinajstić information content (AvgIpc) is 3.69. The molecule has 0 atom stereocenters. The molecule has 16 nitrogen and oxygen atoms in total. The van der Waals surface area contributed by atoms with Gasteiger partial charge in [-0.3, -0.25) is 23.7 Å². The molecule has 8 bridgehead atoms. The van der Waals surface area contributed by atoms with E-state index in [1.54, 1.807) is 0 Å². The Bertz CT molecular complexity index is 2350. The number of nitrogens with zero attached hydrogens (tertiary/aromatic N) is 2. The monoisotopic (exact) mass is 774 g/mol. The first-order valence-corrected chi connectivity index (χ1v) is 17.8. The fraction of sp³-hybridized carbons (Fsp3) is 0.333. The number of carbonyl (C=O) groups is 4. The van der Waals surface area contributed by atoms with Crippen LogP contribution in [0, 0.1) is 13.8 Å². The fourth-order valence-electron chi connectivity index (χ4n) is 6.42. The normalized spacial score (nSPS) is 12.6. The number of hydrogen-bond acceptors (Lipinski definition) is 9. The van der Waals surface area contributed by atoms with Gasteiger partial charge in [0.15, 0.2) is 0 Å². The van der Waals surface area contributed by atoms with Gasteiger partial charge < -0.3 is 34.9 Å². The minimum absolute atomic E-state index is 0.